The highest BCUT2D eigenvalue weighted by atomic mass is 35.5. The Bertz CT molecular complexity index is 590. The Morgan fingerprint density at radius 1 is 1.17 bits per heavy atom. The minimum atomic E-state index is -1.08. The smallest absolute Gasteiger partial charge is 0.261 e. The van der Waals surface area contributed by atoms with Gasteiger partial charge in [0.15, 0.2) is 5.82 Å². The molecule has 6 heteroatoms. The van der Waals surface area contributed by atoms with Crippen molar-refractivity contribution in [1.29, 1.82) is 0 Å². The second-order valence-electron chi connectivity index (χ2n) is 3.41. The predicted octanol–water partition coefficient (Wildman–Crippen LogP) is 3.27. The number of nitrogens with zero attached hydrogens (tertiary/aromatic N) is 1. The van der Waals surface area contributed by atoms with Gasteiger partial charge in [-0.15, -0.1) is 0 Å². The standard InChI is InChI=1S/C12H7ClF2N2O/c13-8-1-2-9(14)10(11(8)15)12(18)17-7-3-5-16-6-4-7/h1-6H,(H,16,17,18). The largest absolute Gasteiger partial charge is 0.322 e. The molecule has 92 valence electrons. The summed E-state index contributed by atoms with van der Waals surface area (Å²) in [6.45, 7) is 0. The van der Waals surface area contributed by atoms with Crippen LogP contribution in [0.2, 0.25) is 5.02 Å². The molecule has 0 saturated heterocycles. The number of rotatable bonds is 2. The fourth-order valence-corrected chi connectivity index (χ4v) is 1.52. The van der Waals surface area contributed by atoms with Crippen LogP contribution >= 0.6 is 11.6 Å². The van der Waals surface area contributed by atoms with Gasteiger partial charge in [-0.25, -0.2) is 8.78 Å². The van der Waals surface area contributed by atoms with E-state index >= 15 is 0 Å². The van der Waals surface area contributed by atoms with Crippen LogP contribution in [0.5, 0.6) is 0 Å². The van der Waals surface area contributed by atoms with E-state index in [1.807, 2.05) is 0 Å². The zero-order valence-electron chi connectivity index (χ0n) is 8.95. The maximum Gasteiger partial charge on any atom is 0.261 e. The second-order valence-corrected chi connectivity index (χ2v) is 3.82. The van der Waals surface area contributed by atoms with Crippen LogP contribution in [0.15, 0.2) is 36.7 Å². The van der Waals surface area contributed by atoms with Crippen LogP contribution < -0.4 is 5.32 Å². The third kappa shape index (κ3) is 2.46. The first-order chi connectivity index (χ1) is 8.59. The van der Waals surface area contributed by atoms with Crippen molar-refractivity contribution < 1.29 is 13.6 Å². The number of aromatic nitrogens is 1. The zero-order chi connectivity index (χ0) is 13.1. The van der Waals surface area contributed by atoms with E-state index in [1.54, 1.807) is 0 Å². The van der Waals surface area contributed by atoms with Crippen molar-refractivity contribution in [3.8, 4) is 0 Å². The summed E-state index contributed by atoms with van der Waals surface area (Å²) in [6, 6.07) is 4.98. The Kier molecular flexibility index (Phi) is 3.53. The van der Waals surface area contributed by atoms with Gasteiger partial charge in [0.05, 0.1) is 5.02 Å². The normalized spacial score (nSPS) is 10.2. The van der Waals surface area contributed by atoms with Crippen LogP contribution in [0.1, 0.15) is 10.4 Å². The third-order valence-electron chi connectivity index (χ3n) is 2.21. The number of halogens is 3. The number of benzene rings is 1. The summed E-state index contributed by atoms with van der Waals surface area (Å²) in [5.41, 5.74) is -0.326. The van der Waals surface area contributed by atoms with Crippen LogP contribution in [0.3, 0.4) is 0 Å². The molecule has 1 aromatic carbocycles. The Hall–Kier alpha value is -2.01. The topological polar surface area (TPSA) is 42.0 Å². The molecule has 1 heterocycles. The highest BCUT2D eigenvalue weighted by Crippen LogP contribution is 2.22. The molecular weight excluding hydrogens is 262 g/mol. The molecule has 18 heavy (non-hydrogen) atoms. The molecule has 0 saturated carbocycles. The minimum absolute atomic E-state index is 0.309. The van der Waals surface area contributed by atoms with Gasteiger partial charge in [0.1, 0.15) is 11.4 Å². The Morgan fingerprint density at radius 2 is 1.83 bits per heavy atom. The summed E-state index contributed by atoms with van der Waals surface area (Å²) in [6.07, 6.45) is 2.89. The lowest BCUT2D eigenvalue weighted by atomic mass is 10.2. The highest BCUT2D eigenvalue weighted by molar-refractivity contribution is 6.31. The zero-order valence-corrected chi connectivity index (χ0v) is 9.71. The number of carbonyl (C=O) groups is 1. The van der Waals surface area contributed by atoms with Gasteiger partial charge in [-0.3, -0.25) is 9.78 Å². The number of amides is 1. The van der Waals surface area contributed by atoms with Crippen LogP contribution in [-0.2, 0) is 0 Å². The summed E-state index contributed by atoms with van der Waals surface area (Å²) in [5.74, 6) is -2.95. The molecule has 0 spiro atoms. The average molecular weight is 269 g/mol. The van der Waals surface area contributed by atoms with E-state index in [1.165, 1.54) is 24.5 Å². The maximum atomic E-state index is 13.6. The van der Waals surface area contributed by atoms with Crippen LogP contribution in [0.25, 0.3) is 0 Å². The molecule has 2 aromatic rings. The lowest BCUT2D eigenvalue weighted by molar-refractivity contribution is 0.101. The van der Waals surface area contributed by atoms with Crippen LogP contribution in [-0.4, -0.2) is 10.9 Å². The minimum Gasteiger partial charge on any atom is -0.322 e. The quantitative estimate of drug-likeness (QED) is 0.850. The lowest BCUT2D eigenvalue weighted by Gasteiger charge is -2.07. The number of anilines is 1. The fraction of sp³-hybridized carbons (Fsp3) is 0. The van der Waals surface area contributed by atoms with Crippen molar-refractivity contribution in [2.45, 2.75) is 0 Å². The van der Waals surface area contributed by atoms with E-state index in [9.17, 15) is 13.6 Å². The maximum absolute atomic E-state index is 13.6. The fourth-order valence-electron chi connectivity index (χ4n) is 1.36. The van der Waals surface area contributed by atoms with Gasteiger partial charge in [0.2, 0.25) is 0 Å². The third-order valence-corrected chi connectivity index (χ3v) is 2.50. The summed E-state index contributed by atoms with van der Waals surface area (Å²) >= 11 is 5.50. The van der Waals surface area contributed by atoms with Gasteiger partial charge in [-0.2, -0.15) is 0 Å². The van der Waals surface area contributed by atoms with E-state index in [4.69, 9.17) is 11.6 Å². The number of hydrogen-bond acceptors (Lipinski definition) is 2. The van der Waals surface area contributed by atoms with E-state index < -0.39 is 23.1 Å². The Balaban J connectivity index is 2.33. The summed E-state index contributed by atoms with van der Waals surface area (Å²) in [5, 5.41) is 2.04. The molecule has 0 aliphatic rings. The van der Waals surface area contributed by atoms with Crippen molar-refractivity contribution in [3.05, 3.63) is 58.9 Å². The van der Waals surface area contributed by atoms with Crippen molar-refractivity contribution in [2.24, 2.45) is 0 Å². The molecule has 0 atom stereocenters. The highest BCUT2D eigenvalue weighted by Gasteiger charge is 2.19. The molecule has 1 aromatic heterocycles. The van der Waals surface area contributed by atoms with Gasteiger partial charge < -0.3 is 5.32 Å². The first-order valence-electron chi connectivity index (χ1n) is 4.94. The number of pyridine rings is 1. The van der Waals surface area contributed by atoms with Gasteiger partial charge >= 0.3 is 0 Å². The number of hydrogen-bond donors (Lipinski definition) is 1. The first-order valence-corrected chi connectivity index (χ1v) is 5.32. The summed E-state index contributed by atoms with van der Waals surface area (Å²) in [4.78, 5) is 15.5. The number of nitrogens with one attached hydrogen (secondary N) is 1. The summed E-state index contributed by atoms with van der Waals surface area (Å²) in [7, 11) is 0. The monoisotopic (exact) mass is 268 g/mol. The lowest BCUT2D eigenvalue weighted by Crippen LogP contribution is -2.16. The summed E-state index contributed by atoms with van der Waals surface area (Å²) < 4.78 is 27.0. The number of carbonyl (C=O) groups excluding carboxylic acids is 1. The first kappa shape index (κ1) is 12.4. The second kappa shape index (κ2) is 5.10. The molecule has 1 amide bonds. The molecule has 1 N–H and O–H groups in total. The SMILES string of the molecule is O=C(Nc1ccncc1)c1c(F)ccc(Cl)c1F. The molecule has 3 nitrogen and oxygen atoms in total. The molecule has 0 fully saturated rings. The van der Waals surface area contributed by atoms with Gasteiger partial charge in [-0.1, -0.05) is 11.6 Å². The van der Waals surface area contributed by atoms with Gasteiger partial charge in [0, 0.05) is 18.1 Å². The molecule has 2 rings (SSSR count). The van der Waals surface area contributed by atoms with Crippen molar-refractivity contribution >= 4 is 23.2 Å². The Morgan fingerprint density at radius 3 is 2.50 bits per heavy atom. The van der Waals surface area contributed by atoms with E-state index in [0.717, 1.165) is 12.1 Å². The van der Waals surface area contributed by atoms with Crippen LogP contribution in [0, 0.1) is 11.6 Å². The molecular formula is C12H7ClF2N2O. The molecule has 0 aliphatic heterocycles. The van der Waals surface area contributed by atoms with Crippen LogP contribution in [0.4, 0.5) is 14.5 Å². The van der Waals surface area contributed by atoms with Crippen molar-refractivity contribution in [3.63, 3.8) is 0 Å². The Labute approximate surface area is 106 Å². The molecule has 0 radical (unpaired) electrons. The van der Waals surface area contributed by atoms with Crippen molar-refractivity contribution in [1.82, 2.24) is 4.98 Å². The van der Waals surface area contributed by atoms with E-state index in [2.05, 4.69) is 10.3 Å². The average Bonchev–Trinajstić information content (AvgIpc) is 2.36. The molecule has 0 bridgehead atoms. The predicted molar refractivity (Wildman–Crippen MR) is 63.6 cm³/mol. The van der Waals surface area contributed by atoms with Crippen molar-refractivity contribution in [2.75, 3.05) is 5.32 Å². The van der Waals surface area contributed by atoms with Gasteiger partial charge in [-0.05, 0) is 24.3 Å². The van der Waals surface area contributed by atoms with E-state index in [0.29, 0.717) is 5.69 Å². The van der Waals surface area contributed by atoms with Gasteiger partial charge in [0.25, 0.3) is 5.91 Å². The molecule has 0 aliphatic carbocycles. The molecule has 0 unspecified atom stereocenters. The van der Waals surface area contributed by atoms with E-state index in [-0.39, 0.29) is 5.02 Å².